The molecule has 7 atom stereocenters. The van der Waals surface area contributed by atoms with Crippen molar-refractivity contribution in [2.24, 2.45) is 34.5 Å². The number of aliphatic hydroxyl groups excluding tert-OH is 2. The predicted octanol–water partition coefficient (Wildman–Crippen LogP) is 3.20. The van der Waals surface area contributed by atoms with E-state index in [9.17, 15) is 15.0 Å². The molecule has 5 rings (SSSR count). The number of hydrogen-bond donors (Lipinski definition) is 2. The topological polar surface area (TPSA) is 60.8 Å². The van der Waals surface area contributed by atoms with E-state index >= 15 is 0 Å². The van der Waals surface area contributed by atoms with Crippen LogP contribution in [0.5, 0.6) is 0 Å². The molecule has 2 N–H and O–H groups in total. The average molecular weight is 388 g/mol. The Morgan fingerprint density at radius 3 is 2.75 bits per heavy atom. The number of carbonyl (C=O) groups excluding carboxylic acids is 1. The summed E-state index contributed by atoms with van der Waals surface area (Å²) >= 11 is 0. The first-order chi connectivity index (χ1) is 13.3. The Morgan fingerprint density at radius 2 is 2.07 bits per heavy atom. The third-order valence-corrected chi connectivity index (χ3v) is 8.86. The second-order valence-electron chi connectivity index (χ2n) is 10.1. The molecule has 0 aromatic carbocycles. The van der Waals surface area contributed by atoms with Crippen LogP contribution in [0.25, 0.3) is 0 Å². The van der Waals surface area contributed by atoms with Crippen molar-refractivity contribution in [2.75, 3.05) is 26.2 Å². The van der Waals surface area contributed by atoms with Crippen molar-refractivity contribution in [3.8, 4) is 0 Å². The molecule has 0 amide bonds. The van der Waals surface area contributed by atoms with Crippen LogP contribution < -0.4 is 0 Å². The van der Waals surface area contributed by atoms with E-state index in [0.717, 1.165) is 62.8 Å². The number of aliphatic hydroxyl groups is 2. The van der Waals surface area contributed by atoms with Gasteiger partial charge < -0.3 is 15.1 Å². The standard InChI is InChI=1S/C24H37NO3/c1-5-6-8-23-14-25(10-11-26)13-15(2)20(23)17(4)22(28)24-9-7-18(12-19(23)24)16(3)21(24)27/h15,18-21,26-27H,3-14H2,1-2H3/t15?,18-,19?,20?,21-,23+,24-/m0/s1. The van der Waals surface area contributed by atoms with Gasteiger partial charge in [0.25, 0.3) is 0 Å². The second-order valence-corrected chi connectivity index (χ2v) is 10.1. The van der Waals surface area contributed by atoms with Crippen molar-refractivity contribution in [2.45, 2.75) is 58.5 Å². The second kappa shape index (κ2) is 7.07. The molecule has 5 fully saturated rings. The first-order valence-electron chi connectivity index (χ1n) is 11.3. The van der Waals surface area contributed by atoms with Crippen LogP contribution in [0.1, 0.15) is 52.4 Å². The Balaban J connectivity index is 1.86. The summed E-state index contributed by atoms with van der Waals surface area (Å²) < 4.78 is 0. The fourth-order valence-electron chi connectivity index (χ4n) is 7.90. The van der Waals surface area contributed by atoms with E-state index in [-0.39, 0.29) is 29.6 Å². The zero-order chi connectivity index (χ0) is 20.3. The third kappa shape index (κ3) is 2.50. The summed E-state index contributed by atoms with van der Waals surface area (Å²) in [5.41, 5.74) is 0.892. The van der Waals surface area contributed by atoms with Crippen molar-refractivity contribution in [1.82, 2.24) is 4.90 Å². The summed E-state index contributed by atoms with van der Waals surface area (Å²) in [5.74, 6) is 1.19. The summed E-state index contributed by atoms with van der Waals surface area (Å²) in [6.45, 7) is 15.7. The molecule has 4 nitrogen and oxygen atoms in total. The van der Waals surface area contributed by atoms with Gasteiger partial charge in [0.05, 0.1) is 18.1 Å². The number of fused-ring (bicyclic) bond motifs is 3. The quantitative estimate of drug-likeness (QED) is 0.562. The maximum absolute atomic E-state index is 13.8. The zero-order valence-corrected chi connectivity index (χ0v) is 17.6. The number of piperidine rings is 1. The lowest BCUT2D eigenvalue weighted by Crippen LogP contribution is -2.71. The number of nitrogens with zero attached hydrogens (tertiary/aromatic N) is 1. The molecule has 4 heteroatoms. The van der Waals surface area contributed by atoms with Crippen LogP contribution in [0.4, 0.5) is 0 Å². The van der Waals surface area contributed by atoms with E-state index in [1.54, 1.807) is 0 Å². The van der Waals surface area contributed by atoms with E-state index in [1.807, 2.05) is 0 Å². The Morgan fingerprint density at radius 1 is 1.32 bits per heavy atom. The molecule has 0 aromatic rings. The summed E-state index contributed by atoms with van der Waals surface area (Å²) in [4.78, 5) is 16.2. The van der Waals surface area contributed by atoms with Crippen LogP contribution in [0, 0.1) is 34.5 Å². The summed E-state index contributed by atoms with van der Waals surface area (Å²) in [5, 5.41) is 20.9. The number of likely N-dealkylation sites (tertiary alicyclic amines) is 1. The van der Waals surface area contributed by atoms with Gasteiger partial charge in [-0.2, -0.15) is 0 Å². The average Bonchev–Trinajstić information content (AvgIpc) is 2.68. The van der Waals surface area contributed by atoms with Gasteiger partial charge in [0.2, 0.25) is 0 Å². The van der Waals surface area contributed by atoms with Crippen LogP contribution in [0.2, 0.25) is 0 Å². The van der Waals surface area contributed by atoms with Gasteiger partial charge in [-0.05, 0) is 65.9 Å². The molecular weight excluding hydrogens is 350 g/mol. The number of unbranched alkanes of at least 4 members (excludes halogenated alkanes) is 1. The van der Waals surface area contributed by atoms with Crippen molar-refractivity contribution >= 4 is 5.78 Å². The molecular formula is C24H37NO3. The van der Waals surface area contributed by atoms with Crippen LogP contribution in [-0.2, 0) is 4.79 Å². The zero-order valence-electron chi connectivity index (χ0n) is 17.6. The van der Waals surface area contributed by atoms with E-state index < -0.39 is 11.5 Å². The van der Waals surface area contributed by atoms with Crippen molar-refractivity contribution in [3.63, 3.8) is 0 Å². The van der Waals surface area contributed by atoms with Gasteiger partial charge >= 0.3 is 0 Å². The Bertz CT molecular complexity index is 687. The minimum Gasteiger partial charge on any atom is -0.395 e. The molecule has 1 spiro atoms. The first-order valence-corrected chi connectivity index (χ1v) is 11.3. The van der Waals surface area contributed by atoms with Gasteiger partial charge in [-0.25, -0.2) is 0 Å². The Labute approximate surface area is 169 Å². The fraction of sp³-hybridized carbons (Fsp3) is 0.792. The van der Waals surface area contributed by atoms with Gasteiger partial charge in [0.1, 0.15) is 0 Å². The van der Waals surface area contributed by atoms with E-state index in [0.29, 0.717) is 18.4 Å². The van der Waals surface area contributed by atoms with E-state index in [2.05, 4.69) is 31.9 Å². The molecule has 0 radical (unpaired) electrons. The van der Waals surface area contributed by atoms with Gasteiger partial charge in [-0.15, -0.1) is 0 Å². The summed E-state index contributed by atoms with van der Waals surface area (Å²) in [7, 11) is 0. The number of Topliss-reactive ketones (excluding diaryl/α,β-unsaturated/α-hetero) is 1. The lowest BCUT2D eigenvalue weighted by molar-refractivity contribution is -0.192. The maximum atomic E-state index is 13.8. The molecule has 28 heavy (non-hydrogen) atoms. The van der Waals surface area contributed by atoms with Gasteiger partial charge in [-0.3, -0.25) is 4.79 Å². The van der Waals surface area contributed by atoms with Gasteiger partial charge in [0, 0.05) is 19.6 Å². The highest BCUT2D eigenvalue weighted by Crippen LogP contribution is 2.69. The van der Waals surface area contributed by atoms with Crippen molar-refractivity contribution in [3.05, 3.63) is 24.3 Å². The normalized spacial score (nSPS) is 45.9. The number of hydrogen-bond acceptors (Lipinski definition) is 4. The number of β-amino-alcohol motifs (C(OH)–C–C–N with tert-alkyl or cyclic N) is 1. The van der Waals surface area contributed by atoms with Crippen LogP contribution >= 0.6 is 0 Å². The number of carbonyl (C=O) groups is 1. The fourth-order valence-corrected chi connectivity index (χ4v) is 7.90. The minimum absolute atomic E-state index is 0.0335. The molecule has 1 heterocycles. The predicted molar refractivity (Wildman–Crippen MR) is 111 cm³/mol. The minimum atomic E-state index is -0.725. The maximum Gasteiger partial charge on any atom is 0.167 e. The molecule has 4 aliphatic carbocycles. The molecule has 5 aliphatic rings. The third-order valence-electron chi connectivity index (χ3n) is 8.86. The van der Waals surface area contributed by atoms with E-state index in [4.69, 9.17) is 0 Å². The van der Waals surface area contributed by atoms with Crippen LogP contribution in [0.3, 0.4) is 0 Å². The highest BCUT2D eigenvalue weighted by atomic mass is 16.3. The number of rotatable bonds is 5. The van der Waals surface area contributed by atoms with Gasteiger partial charge in [0.15, 0.2) is 5.78 Å². The molecule has 0 aromatic heterocycles. The highest BCUT2D eigenvalue weighted by molar-refractivity contribution is 6.02. The molecule has 1 saturated heterocycles. The SMILES string of the molecule is C=C1C(=O)[C@@]23CC[C@@H](CC2[C@@]2(CCCC)CN(CCO)CC(C)C12)C(=C)[C@@H]3O. The van der Waals surface area contributed by atoms with Crippen molar-refractivity contribution < 1.29 is 15.0 Å². The number of ketones is 1. The summed E-state index contributed by atoms with van der Waals surface area (Å²) in [6, 6.07) is 0. The Kier molecular flexibility index (Phi) is 5.13. The van der Waals surface area contributed by atoms with Crippen molar-refractivity contribution in [1.29, 1.82) is 0 Å². The Hall–Kier alpha value is -0.970. The molecule has 156 valence electrons. The lowest BCUT2D eigenvalue weighted by Gasteiger charge is -2.68. The largest absolute Gasteiger partial charge is 0.395 e. The van der Waals surface area contributed by atoms with Gasteiger partial charge in [-0.1, -0.05) is 39.8 Å². The van der Waals surface area contributed by atoms with Crippen LogP contribution in [0.15, 0.2) is 24.3 Å². The highest BCUT2D eigenvalue weighted by Gasteiger charge is 2.70. The summed E-state index contributed by atoms with van der Waals surface area (Å²) in [6.07, 6.45) is 5.33. The molecule has 3 unspecified atom stereocenters. The lowest BCUT2D eigenvalue weighted by atomic mass is 9.36. The number of allylic oxidation sites excluding steroid dienone is 1. The molecule has 4 saturated carbocycles. The smallest absolute Gasteiger partial charge is 0.167 e. The first kappa shape index (κ1) is 20.3. The molecule has 1 aliphatic heterocycles. The molecule has 2 bridgehead atoms. The van der Waals surface area contributed by atoms with Crippen LogP contribution in [-0.4, -0.2) is 53.2 Å². The van der Waals surface area contributed by atoms with E-state index in [1.165, 1.54) is 0 Å². The monoisotopic (exact) mass is 387 g/mol.